The van der Waals surface area contributed by atoms with Crippen molar-refractivity contribution in [1.29, 1.82) is 0 Å². The van der Waals surface area contributed by atoms with Gasteiger partial charge in [0.05, 0.1) is 22.1 Å². The van der Waals surface area contributed by atoms with Gasteiger partial charge in [-0.05, 0) is 129 Å². The zero-order valence-corrected chi connectivity index (χ0v) is 24.0. The average molecular weight is 559 g/mol. The standard InChI is InChI=1S/C41H32N2/c1-24-5-13-38-34(17-24)35-18-25(2)6-14-39(35)42(38)30-11-9-28-21-29-10-12-31(23-33(29)32(28)22-30)43-40-15-7-26(3)19-36(40)37-20-27(4)8-16-41(37)43/h5-20,22-23H,21H2,1-4H3/i1D3,3D3. The summed E-state index contributed by atoms with van der Waals surface area (Å²) in [5, 5.41) is 3.93. The van der Waals surface area contributed by atoms with E-state index in [0.717, 1.165) is 72.5 Å². The third-order valence-electron chi connectivity index (χ3n) is 9.22. The second-order valence-electron chi connectivity index (χ2n) is 12.0. The Labute approximate surface area is 259 Å². The second-order valence-corrected chi connectivity index (χ2v) is 12.0. The minimum absolute atomic E-state index is 0.339. The molecule has 0 bridgehead atoms. The Balaban J connectivity index is 1.23. The van der Waals surface area contributed by atoms with Crippen molar-refractivity contribution in [2.45, 2.75) is 34.0 Å². The van der Waals surface area contributed by atoms with Gasteiger partial charge in [-0.3, -0.25) is 0 Å². The highest BCUT2D eigenvalue weighted by Crippen LogP contribution is 2.42. The van der Waals surface area contributed by atoms with Crippen LogP contribution in [-0.4, -0.2) is 9.13 Å². The third-order valence-corrected chi connectivity index (χ3v) is 9.22. The van der Waals surface area contributed by atoms with Crippen molar-refractivity contribution in [3.05, 3.63) is 143 Å². The van der Waals surface area contributed by atoms with Crippen molar-refractivity contribution in [1.82, 2.24) is 9.13 Å². The molecule has 0 fully saturated rings. The molecular formula is C41H32N2. The van der Waals surface area contributed by atoms with E-state index in [1.165, 1.54) is 22.3 Å². The normalized spacial score (nSPS) is 15.2. The molecule has 0 saturated carbocycles. The lowest BCUT2D eigenvalue weighted by Gasteiger charge is -2.13. The molecule has 2 nitrogen and oxygen atoms in total. The summed E-state index contributed by atoms with van der Waals surface area (Å²) in [5.41, 5.74) is 13.8. The number of benzene rings is 6. The van der Waals surface area contributed by atoms with Crippen LogP contribution in [0.2, 0.25) is 0 Å². The van der Waals surface area contributed by atoms with E-state index in [9.17, 15) is 0 Å². The van der Waals surface area contributed by atoms with Crippen molar-refractivity contribution in [3.63, 3.8) is 0 Å². The number of aryl methyl sites for hydroxylation is 4. The summed E-state index contributed by atoms with van der Waals surface area (Å²) < 4.78 is 52.6. The van der Waals surface area contributed by atoms with Crippen molar-refractivity contribution in [2.75, 3.05) is 0 Å². The van der Waals surface area contributed by atoms with Gasteiger partial charge in [0.15, 0.2) is 0 Å². The van der Waals surface area contributed by atoms with E-state index in [2.05, 4.69) is 95.8 Å². The Morgan fingerprint density at radius 1 is 0.442 bits per heavy atom. The molecule has 43 heavy (non-hydrogen) atoms. The van der Waals surface area contributed by atoms with Crippen LogP contribution in [0.5, 0.6) is 0 Å². The van der Waals surface area contributed by atoms with E-state index < -0.39 is 13.7 Å². The molecule has 6 aromatic carbocycles. The van der Waals surface area contributed by atoms with Gasteiger partial charge in [-0.1, -0.05) is 58.7 Å². The van der Waals surface area contributed by atoms with Gasteiger partial charge in [-0.15, -0.1) is 0 Å². The van der Waals surface area contributed by atoms with Crippen LogP contribution in [-0.2, 0) is 6.42 Å². The highest BCUT2D eigenvalue weighted by atomic mass is 15.0. The lowest BCUT2D eigenvalue weighted by atomic mass is 10.0. The van der Waals surface area contributed by atoms with Crippen molar-refractivity contribution >= 4 is 43.6 Å². The zero-order valence-electron chi connectivity index (χ0n) is 30.0. The Kier molecular flexibility index (Phi) is 3.89. The molecule has 0 N–H and O–H groups in total. The Morgan fingerprint density at radius 2 is 0.814 bits per heavy atom. The number of hydrogen-bond acceptors (Lipinski definition) is 0. The summed E-state index contributed by atoms with van der Waals surface area (Å²) in [6.07, 6.45) is 0.841. The topological polar surface area (TPSA) is 9.86 Å². The number of aromatic nitrogens is 2. The van der Waals surface area contributed by atoms with Crippen LogP contribution in [0.1, 0.15) is 41.6 Å². The van der Waals surface area contributed by atoms with Gasteiger partial charge in [-0.25, -0.2) is 0 Å². The molecule has 0 atom stereocenters. The largest absolute Gasteiger partial charge is 0.309 e. The first-order valence-corrected chi connectivity index (χ1v) is 14.7. The molecule has 206 valence electrons. The van der Waals surface area contributed by atoms with Crippen molar-refractivity contribution < 1.29 is 8.22 Å². The highest BCUT2D eigenvalue weighted by Gasteiger charge is 2.22. The predicted molar refractivity (Wildman–Crippen MR) is 182 cm³/mol. The fourth-order valence-corrected chi connectivity index (χ4v) is 7.25. The lowest BCUT2D eigenvalue weighted by molar-refractivity contribution is 1.17. The SMILES string of the molecule is [2H]C([2H])([2H])c1ccc2c(c1)c1cc(C)ccc1n2-c1ccc2c(c1)-c1cc(-n3c4ccc(C)cc4c4cc(C([2H])([2H])[2H])ccc43)ccc1C2. The van der Waals surface area contributed by atoms with Crippen LogP contribution in [0.15, 0.2) is 109 Å². The monoisotopic (exact) mass is 558 g/mol. The number of fused-ring (bicyclic) bond motifs is 9. The summed E-state index contributed by atoms with van der Waals surface area (Å²) in [6, 6.07) is 37.0. The fraction of sp³-hybridized carbons (Fsp3) is 0.122. The molecule has 0 unspecified atom stereocenters. The first-order valence-electron chi connectivity index (χ1n) is 17.7. The molecular weight excluding hydrogens is 520 g/mol. The first-order chi connectivity index (χ1) is 23.3. The predicted octanol–water partition coefficient (Wildman–Crippen LogP) is 10.7. The molecule has 8 aromatic rings. The minimum atomic E-state index is -2.19. The van der Waals surface area contributed by atoms with E-state index in [1.807, 2.05) is 24.3 Å². The summed E-state index contributed by atoms with van der Waals surface area (Å²) in [5.74, 6) is 0. The minimum Gasteiger partial charge on any atom is -0.309 e. The second kappa shape index (κ2) is 8.72. The van der Waals surface area contributed by atoms with E-state index in [0.29, 0.717) is 11.1 Å². The van der Waals surface area contributed by atoms with E-state index >= 15 is 0 Å². The average Bonchev–Trinajstić information content (AvgIpc) is 3.69. The number of hydrogen-bond donors (Lipinski definition) is 0. The summed E-state index contributed by atoms with van der Waals surface area (Å²) in [4.78, 5) is 0. The molecule has 2 heterocycles. The Bertz CT molecular complexity index is 2500. The summed E-state index contributed by atoms with van der Waals surface area (Å²) >= 11 is 0. The van der Waals surface area contributed by atoms with Gasteiger partial charge in [0.2, 0.25) is 0 Å². The third kappa shape index (κ3) is 3.53. The van der Waals surface area contributed by atoms with E-state index in [1.54, 1.807) is 12.1 Å². The van der Waals surface area contributed by atoms with Crippen molar-refractivity contribution in [3.8, 4) is 22.5 Å². The maximum Gasteiger partial charge on any atom is 0.0541 e. The molecule has 1 aliphatic rings. The van der Waals surface area contributed by atoms with Gasteiger partial charge in [0.25, 0.3) is 0 Å². The van der Waals surface area contributed by atoms with Crippen LogP contribution >= 0.6 is 0 Å². The van der Waals surface area contributed by atoms with Gasteiger partial charge in [-0.2, -0.15) is 0 Å². The van der Waals surface area contributed by atoms with Gasteiger partial charge in [0, 0.05) is 41.1 Å². The Morgan fingerprint density at radius 3 is 1.21 bits per heavy atom. The van der Waals surface area contributed by atoms with Crippen LogP contribution < -0.4 is 0 Å². The summed E-state index contributed by atoms with van der Waals surface area (Å²) in [6.45, 7) is -0.252. The maximum atomic E-state index is 8.03. The van der Waals surface area contributed by atoms with Crippen LogP contribution in [0.25, 0.3) is 66.1 Å². The van der Waals surface area contributed by atoms with Crippen LogP contribution in [0.3, 0.4) is 0 Å². The maximum absolute atomic E-state index is 8.03. The molecule has 9 rings (SSSR count). The molecule has 2 aromatic heterocycles. The summed E-state index contributed by atoms with van der Waals surface area (Å²) in [7, 11) is 0. The molecule has 2 heteroatoms. The Hall–Kier alpha value is -5.08. The number of rotatable bonds is 2. The van der Waals surface area contributed by atoms with Crippen molar-refractivity contribution in [2.24, 2.45) is 0 Å². The van der Waals surface area contributed by atoms with E-state index in [4.69, 9.17) is 8.22 Å². The lowest BCUT2D eigenvalue weighted by Crippen LogP contribution is -1.96. The molecule has 0 saturated heterocycles. The van der Waals surface area contributed by atoms with Gasteiger partial charge in [0.1, 0.15) is 0 Å². The van der Waals surface area contributed by atoms with Crippen LogP contribution in [0.4, 0.5) is 0 Å². The first kappa shape index (κ1) is 19.2. The van der Waals surface area contributed by atoms with Gasteiger partial charge < -0.3 is 9.13 Å². The molecule has 0 aliphatic heterocycles. The van der Waals surface area contributed by atoms with Crippen LogP contribution in [0, 0.1) is 27.6 Å². The molecule has 0 spiro atoms. The zero-order chi connectivity index (χ0) is 34.0. The molecule has 0 amide bonds. The fourth-order valence-electron chi connectivity index (χ4n) is 7.25. The quantitative estimate of drug-likeness (QED) is 0.200. The number of nitrogens with zero attached hydrogens (tertiary/aromatic N) is 2. The highest BCUT2D eigenvalue weighted by molar-refractivity contribution is 6.11. The molecule has 1 aliphatic carbocycles. The molecule has 0 radical (unpaired) electrons. The van der Waals surface area contributed by atoms with Gasteiger partial charge >= 0.3 is 0 Å². The van der Waals surface area contributed by atoms with E-state index in [-0.39, 0.29) is 0 Å². The smallest absolute Gasteiger partial charge is 0.0541 e.